The number of likely N-dealkylation sites (tertiary alicyclic amines) is 1. The first kappa shape index (κ1) is 20.9. The fourth-order valence-corrected chi connectivity index (χ4v) is 5.31. The summed E-state index contributed by atoms with van der Waals surface area (Å²) in [5.41, 5.74) is 2.27. The van der Waals surface area contributed by atoms with Gasteiger partial charge in [-0.25, -0.2) is 9.97 Å². The third-order valence-electron chi connectivity index (χ3n) is 5.57. The molecule has 0 bridgehead atoms. The second-order valence-corrected chi connectivity index (χ2v) is 9.20. The maximum Gasteiger partial charge on any atom is 0.261 e. The monoisotopic (exact) mass is 424 g/mol. The van der Waals surface area contributed by atoms with Crippen LogP contribution >= 0.6 is 11.3 Å². The molecular formula is C23H28N4O2S. The van der Waals surface area contributed by atoms with Gasteiger partial charge in [0.05, 0.1) is 11.5 Å². The number of carbonyl (C=O) groups excluding carboxylic acids is 1. The number of fused-ring (bicyclic) bond motifs is 1. The highest BCUT2D eigenvalue weighted by Crippen LogP contribution is 2.40. The molecule has 6 nitrogen and oxygen atoms in total. The Morgan fingerprint density at radius 3 is 2.80 bits per heavy atom. The Morgan fingerprint density at radius 2 is 2.07 bits per heavy atom. The lowest BCUT2D eigenvalue weighted by Gasteiger charge is -2.17. The van der Waals surface area contributed by atoms with E-state index in [1.807, 2.05) is 24.5 Å². The number of hydrogen-bond donors (Lipinski definition) is 2. The predicted octanol–water partition coefficient (Wildman–Crippen LogP) is 3.53. The topological polar surface area (TPSA) is 78.4 Å². The number of carbonyl (C=O) groups is 1. The van der Waals surface area contributed by atoms with E-state index in [9.17, 15) is 4.79 Å². The lowest BCUT2D eigenvalue weighted by molar-refractivity contribution is 0.0947. The summed E-state index contributed by atoms with van der Waals surface area (Å²) in [4.78, 5) is 24.9. The molecule has 30 heavy (non-hydrogen) atoms. The zero-order chi connectivity index (χ0) is 21.1. The first-order chi connectivity index (χ1) is 14.6. The van der Waals surface area contributed by atoms with Crippen LogP contribution in [0.5, 0.6) is 0 Å². The molecule has 0 saturated carbocycles. The minimum atomic E-state index is -0.0867. The Labute approximate surface area is 181 Å². The molecule has 1 aliphatic heterocycles. The normalized spacial score (nSPS) is 17.1. The number of thiophene rings is 1. The number of aromatic nitrogens is 2. The Morgan fingerprint density at radius 1 is 1.30 bits per heavy atom. The van der Waals surface area contributed by atoms with Gasteiger partial charge in [-0.3, -0.25) is 9.69 Å². The number of rotatable bonds is 7. The SMILES string of the molecule is CC(C)c1ncc(CN2CC[C@H](c3c(C(=O)NCCO)sc4ccccc34)C2)cn1. The average molecular weight is 425 g/mol. The molecule has 1 saturated heterocycles. The van der Waals surface area contributed by atoms with Crippen molar-refractivity contribution in [1.82, 2.24) is 20.2 Å². The molecule has 1 amide bonds. The molecule has 1 atom stereocenters. The molecular weight excluding hydrogens is 396 g/mol. The molecule has 0 aliphatic carbocycles. The minimum absolute atomic E-state index is 0.0547. The van der Waals surface area contributed by atoms with Gasteiger partial charge < -0.3 is 10.4 Å². The highest BCUT2D eigenvalue weighted by Gasteiger charge is 2.30. The summed E-state index contributed by atoms with van der Waals surface area (Å²) in [6.07, 6.45) is 4.89. The van der Waals surface area contributed by atoms with E-state index in [2.05, 4.69) is 46.2 Å². The van der Waals surface area contributed by atoms with Crippen molar-refractivity contribution in [3.63, 3.8) is 0 Å². The largest absolute Gasteiger partial charge is 0.395 e. The van der Waals surface area contributed by atoms with Crippen molar-refractivity contribution in [2.45, 2.75) is 38.6 Å². The number of hydrogen-bond acceptors (Lipinski definition) is 6. The average Bonchev–Trinajstić information content (AvgIpc) is 3.36. The van der Waals surface area contributed by atoms with Gasteiger partial charge in [0.1, 0.15) is 5.82 Å². The molecule has 1 aliphatic rings. The zero-order valence-electron chi connectivity index (χ0n) is 17.5. The van der Waals surface area contributed by atoms with Gasteiger partial charge in [-0.05, 0) is 30.0 Å². The van der Waals surface area contributed by atoms with Crippen molar-refractivity contribution in [2.24, 2.45) is 0 Å². The van der Waals surface area contributed by atoms with Crippen LogP contribution in [0.1, 0.15) is 58.7 Å². The summed E-state index contributed by atoms with van der Waals surface area (Å²) in [5.74, 6) is 1.43. The first-order valence-corrected chi connectivity index (χ1v) is 11.3. The van der Waals surface area contributed by atoms with Gasteiger partial charge in [-0.15, -0.1) is 11.3 Å². The second-order valence-electron chi connectivity index (χ2n) is 8.15. The maximum absolute atomic E-state index is 12.8. The van der Waals surface area contributed by atoms with Crippen LogP contribution in [0.4, 0.5) is 0 Å². The summed E-state index contributed by atoms with van der Waals surface area (Å²) in [5, 5.41) is 13.1. The van der Waals surface area contributed by atoms with Crippen LogP contribution in [0, 0.1) is 0 Å². The van der Waals surface area contributed by atoms with Crippen LogP contribution in [0.25, 0.3) is 10.1 Å². The molecule has 0 spiro atoms. The predicted molar refractivity (Wildman–Crippen MR) is 120 cm³/mol. The molecule has 1 fully saturated rings. The summed E-state index contributed by atoms with van der Waals surface area (Å²) in [7, 11) is 0. The Balaban J connectivity index is 1.53. The van der Waals surface area contributed by atoms with Crippen LogP contribution in [0.2, 0.25) is 0 Å². The van der Waals surface area contributed by atoms with E-state index in [4.69, 9.17) is 5.11 Å². The number of nitrogens with one attached hydrogen (secondary N) is 1. The van der Waals surface area contributed by atoms with Crippen molar-refractivity contribution >= 4 is 27.3 Å². The highest BCUT2D eigenvalue weighted by molar-refractivity contribution is 7.21. The van der Waals surface area contributed by atoms with E-state index in [0.717, 1.165) is 52.6 Å². The minimum Gasteiger partial charge on any atom is -0.395 e. The number of amides is 1. The van der Waals surface area contributed by atoms with E-state index in [1.165, 1.54) is 5.39 Å². The molecule has 0 unspecified atom stereocenters. The fraction of sp³-hybridized carbons (Fsp3) is 0.435. The van der Waals surface area contributed by atoms with Crippen molar-refractivity contribution in [3.8, 4) is 0 Å². The van der Waals surface area contributed by atoms with Crippen molar-refractivity contribution < 1.29 is 9.90 Å². The van der Waals surface area contributed by atoms with E-state index in [-0.39, 0.29) is 19.1 Å². The van der Waals surface area contributed by atoms with E-state index in [0.29, 0.717) is 11.8 Å². The second kappa shape index (κ2) is 9.20. The Kier molecular flexibility index (Phi) is 6.41. The van der Waals surface area contributed by atoms with Crippen molar-refractivity contribution in [1.29, 1.82) is 0 Å². The van der Waals surface area contributed by atoms with Crippen LogP contribution in [-0.4, -0.2) is 52.1 Å². The molecule has 3 heterocycles. The van der Waals surface area contributed by atoms with Gasteiger partial charge in [0, 0.05) is 54.1 Å². The van der Waals surface area contributed by atoms with Crippen molar-refractivity contribution in [2.75, 3.05) is 26.2 Å². The third kappa shape index (κ3) is 4.38. The van der Waals surface area contributed by atoms with Gasteiger partial charge in [0.25, 0.3) is 5.91 Å². The molecule has 7 heteroatoms. The maximum atomic E-state index is 12.8. The lowest BCUT2D eigenvalue weighted by atomic mass is 9.95. The summed E-state index contributed by atoms with van der Waals surface area (Å²) in [6.45, 7) is 7.13. The molecule has 1 aromatic carbocycles. The smallest absolute Gasteiger partial charge is 0.261 e. The molecule has 0 radical (unpaired) electrons. The summed E-state index contributed by atoms with van der Waals surface area (Å²) < 4.78 is 1.14. The molecule has 2 aromatic heterocycles. The third-order valence-corrected chi connectivity index (χ3v) is 6.75. The Hall–Kier alpha value is -2.35. The molecule has 2 N–H and O–H groups in total. The van der Waals surface area contributed by atoms with Crippen LogP contribution < -0.4 is 5.32 Å². The quantitative estimate of drug-likeness (QED) is 0.607. The number of aliphatic hydroxyl groups excluding tert-OH is 1. The number of nitrogens with zero attached hydrogens (tertiary/aromatic N) is 3. The van der Waals surface area contributed by atoms with Crippen molar-refractivity contribution in [3.05, 3.63) is 58.5 Å². The number of aliphatic hydroxyl groups is 1. The van der Waals surface area contributed by atoms with Gasteiger partial charge in [0.2, 0.25) is 0 Å². The van der Waals surface area contributed by atoms with Crippen LogP contribution in [0.3, 0.4) is 0 Å². The lowest BCUT2D eigenvalue weighted by Crippen LogP contribution is -2.27. The summed E-state index contributed by atoms with van der Waals surface area (Å²) in [6, 6.07) is 8.24. The number of benzene rings is 1. The van der Waals surface area contributed by atoms with Gasteiger partial charge in [0.15, 0.2) is 0 Å². The molecule has 4 rings (SSSR count). The molecule has 3 aromatic rings. The zero-order valence-corrected chi connectivity index (χ0v) is 18.3. The van der Waals surface area contributed by atoms with E-state index in [1.54, 1.807) is 11.3 Å². The van der Waals surface area contributed by atoms with Gasteiger partial charge in [-0.2, -0.15) is 0 Å². The summed E-state index contributed by atoms with van der Waals surface area (Å²) >= 11 is 1.55. The highest BCUT2D eigenvalue weighted by atomic mass is 32.1. The molecule has 158 valence electrons. The van der Waals surface area contributed by atoms with Crippen LogP contribution in [-0.2, 0) is 6.54 Å². The Bertz CT molecular complexity index is 1020. The standard InChI is InChI=1S/C23H28N4O2S/c1-15(2)22-25-11-16(12-26-22)13-27-9-7-17(14-27)20-18-5-3-4-6-19(18)30-21(20)23(29)24-8-10-28/h3-6,11-12,15,17,28H,7-10,13-14H2,1-2H3,(H,24,29)/t17-/m0/s1. The van der Waals surface area contributed by atoms with E-state index >= 15 is 0 Å². The van der Waals surface area contributed by atoms with Gasteiger partial charge in [-0.1, -0.05) is 32.0 Å². The van der Waals surface area contributed by atoms with E-state index < -0.39 is 0 Å². The van der Waals surface area contributed by atoms with Gasteiger partial charge >= 0.3 is 0 Å². The fourth-order valence-electron chi connectivity index (χ4n) is 4.10. The van der Waals surface area contributed by atoms with Crippen LogP contribution in [0.15, 0.2) is 36.7 Å². The first-order valence-electron chi connectivity index (χ1n) is 10.5.